The van der Waals surface area contributed by atoms with Crippen LogP contribution in [0.2, 0.25) is 0 Å². The number of carbonyl (C=O) groups is 2. The maximum Gasteiger partial charge on any atom is 0.269 e. The van der Waals surface area contributed by atoms with Crippen LogP contribution >= 0.6 is 27.7 Å². The first-order valence-electron chi connectivity index (χ1n) is 8.30. The topological polar surface area (TPSA) is 124 Å². The molecule has 150 valence electrons. The van der Waals surface area contributed by atoms with Gasteiger partial charge >= 0.3 is 0 Å². The average Bonchev–Trinajstić information content (AvgIpc) is 3.11. The second-order valence-electron chi connectivity index (χ2n) is 5.70. The van der Waals surface area contributed by atoms with Crippen LogP contribution in [0.5, 0.6) is 5.75 Å². The first-order chi connectivity index (χ1) is 14.0. The second-order valence-corrected chi connectivity index (χ2v) is 7.56. The van der Waals surface area contributed by atoms with Crippen molar-refractivity contribution in [2.75, 3.05) is 18.7 Å². The van der Waals surface area contributed by atoms with Gasteiger partial charge in [-0.15, -0.1) is 10.2 Å². The molecule has 0 unspecified atom stereocenters. The van der Waals surface area contributed by atoms with E-state index in [1.54, 1.807) is 43.5 Å². The summed E-state index contributed by atoms with van der Waals surface area (Å²) in [5, 5.41) is 8.43. The Kier molecular flexibility index (Phi) is 6.73. The van der Waals surface area contributed by atoms with Gasteiger partial charge in [0.1, 0.15) is 5.75 Å². The van der Waals surface area contributed by atoms with Gasteiger partial charge in [0, 0.05) is 15.6 Å². The number of hydrogen-bond donors (Lipinski definition) is 3. The molecular formula is C18H17BrN6O3S. The van der Waals surface area contributed by atoms with E-state index in [4.69, 9.17) is 10.6 Å². The molecule has 0 aliphatic carbocycles. The molecule has 1 aromatic heterocycles. The smallest absolute Gasteiger partial charge is 0.269 e. The first kappa shape index (κ1) is 20.7. The molecule has 0 aliphatic rings. The maximum absolute atomic E-state index is 12.0. The Morgan fingerprint density at radius 2 is 1.79 bits per heavy atom. The number of ether oxygens (including phenoxy) is 1. The van der Waals surface area contributed by atoms with Crippen molar-refractivity contribution in [3.05, 3.63) is 58.6 Å². The molecule has 3 rings (SSSR count). The van der Waals surface area contributed by atoms with Crippen molar-refractivity contribution in [3.63, 3.8) is 0 Å². The molecule has 1 heterocycles. The lowest BCUT2D eigenvalue weighted by molar-refractivity contribution is -0.119. The van der Waals surface area contributed by atoms with Crippen LogP contribution in [0.15, 0.2) is 58.2 Å². The largest absolute Gasteiger partial charge is 0.497 e. The van der Waals surface area contributed by atoms with Crippen molar-refractivity contribution in [2.45, 2.75) is 5.16 Å². The van der Waals surface area contributed by atoms with Crippen LogP contribution in [0.4, 0.5) is 0 Å². The van der Waals surface area contributed by atoms with E-state index < -0.39 is 11.8 Å². The molecule has 9 nitrogen and oxygen atoms in total. The zero-order valence-electron chi connectivity index (χ0n) is 15.3. The quantitative estimate of drug-likeness (QED) is 0.282. The number of hydrazine groups is 1. The van der Waals surface area contributed by atoms with Gasteiger partial charge in [-0.05, 0) is 48.5 Å². The Hall–Kier alpha value is -3.05. The molecule has 0 fully saturated rings. The number of nitrogens with zero attached hydrogens (tertiary/aromatic N) is 3. The van der Waals surface area contributed by atoms with Crippen molar-refractivity contribution in [1.82, 2.24) is 25.7 Å². The number of nitrogens with two attached hydrogens (primary N) is 1. The minimum atomic E-state index is -0.417. The average molecular weight is 477 g/mol. The van der Waals surface area contributed by atoms with E-state index in [-0.39, 0.29) is 5.75 Å². The zero-order valence-corrected chi connectivity index (χ0v) is 17.7. The fourth-order valence-electron chi connectivity index (χ4n) is 2.28. The molecule has 0 aliphatic heterocycles. The number of rotatable bonds is 6. The summed E-state index contributed by atoms with van der Waals surface area (Å²) in [4.78, 5) is 24.0. The molecule has 0 saturated carbocycles. The molecule has 0 bridgehead atoms. The van der Waals surface area contributed by atoms with Gasteiger partial charge in [0.2, 0.25) is 11.1 Å². The van der Waals surface area contributed by atoms with E-state index in [0.29, 0.717) is 22.3 Å². The fraction of sp³-hybridized carbons (Fsp3) is 0.111. The third-order valence-electron chi connectivity index (χ3n) is 3.77. The predicted octanol–water partition coefficient (Wildman–Crippen LogP) is 1.98. The van der Waals surface area contributed by atoms with Crippen molar-refractivity contribution < 1.29 is 14.3 Å². The van der Waals surface area contributed by atoms with E-state index in [0.717, 1.165) is 21.8 Å². The highest BCUT2D eigenvalue weighted by Crippen LogP contribution is 2.23. The molecule has 4 N–H and O–H groups in total. The van der Waals surface area contributed by atoms with Gasteiger partial charge in [-0.3, -0.25) is 20.4 Å². The van der Waals surface area contributed by atoms with Gasteiger partial charge in [-0.25, -0.2) is 4.68 Å². The molecule has 0 saturated heterocycles. The van der Waals surface area contributed by atoms with E-state index in [1.807, 2.05) is 12.1 Å². The lowest BCUT2D eigenvalue weighted by Gasteiger charge is -2.07. The number of thioether (sulfide) groups is 1. The monoisotopic (exact) mass is 476 g/mol. The number of hydrogen-bond acceptors (Lipinski definition) is 7. The Labute approximate surface area is 179 Å². The molecular weight excluding hydrogens is 460 g/mol. The Morgan fingerprint density at radius 3 is 2.45 bits per heavy atom. The van der Waals surface area contributed by atoms with E-state index in [1.165, 1.54) is 4.68 Å². The minimum absolute atomic E-state index is 0.00142. The predicted molar refractivity (Wildman–Crippen MR) is 113 cm³/mol. The Bertz CT molecular complexity index is 1010. The van der Waals surface area contributed by atoms with Crippen molar-refractivity contribution >= 4 is 39.5 Å². The molecule has 2 aromatic carbocycles. The summed E-state index contributed by atoms with van der Waals surface area (Å²) >= 11 is 4.39. The minimum Gasteiger partial charge on any atom is -0.497 e. The number of aromatic nitrogens is 3. The van der Waals surface area contributed by atoms with Gasteiger partial charge in [-0.2, -0.15) is 0 Å². The molecule has 29 heavy (non-hydrogen) atoms. The van der Waals surface area contributed by atoms with Crippen LogP contribution < -0.4 is 21.4 Å². The molecule has 0 spiro atoms. The third kappa shape index (κ3) is 5.27. The number of carbonyl (C=O) groups excluding carboxylic acids is 2. The summed E-state index contributed by atoms with van der Waals surface area (Å²) in [6, 6.07) is 13.9. The van der Waals surface area contributed by atoms with Gasteiger partial charge in [-0.1, -0.05) is 27.7 Å². The van der Waals surface area contributed by atoms with Gasteiger partial charge < -0.3 is 10.6 Å². The number of halogens is 1. The van der Waals surface area contributed by atoms with Gasteiger partial charge in [0.05, 0.1) is 12.9 Å². The van der Waals surface area contributed by atoms with Crippen LogP contribution in [0.25, 0.3) is 11.4 Å². The third-order valence-corrected chi connectivity index (χ3v) is 5.24. The summed E-state index contributed by atoms with van der Waals surface area (Å²) < 4.78 is 7.29. The maximum atomic E-state index is 12.0. The van der Waals surface area contributed by atoms with Gasteiger partial charge in [0.15, 0.2) is 5.82 Å². The van der Waals surface area contributed by atoms with Crippen LogP contribution in [0.1, 0.15) is 10.4 Å². The highest BCUT2D eigenvalue weighted by Gasteiger charge is 2.14. The lowest BCUT2D eigenvalue weighted by atomic mass is 10.2. The fourth-order valence-corrected chi connectivity index (χ4v) is 3.20. The van der Waals surface area contributed by atoms with E-state index in [9.17, 15) is 9.59 Å². The Balaban J connectivity index is 1.53. The zero-order chi connectivity index (χ0) is 20.8. The summed E-state index contributed by atoms with van der Waals surface area (Å²) in [6.45, 7) is 0. The standard InChI is InChI=1S/C18H17BrN6O3S/c1-28-14-8-4-11(5-9-14)16-22-24-18(25(16)20)29-10-15(26)21-23-17(27)12-2-6-13(19)7-3-12/h2-9H,10,20H2,1H3,(H,21,26)(H,23,27). The van der Waals surface area contributed by atoms with Crippen molar-refractivity contribution in [2.24, 2.45) is 0 Å². The number of nitrogen functional groups attached to an aromatic ring is 1. The number of nitrogens with one attached hydrogen (secondary N) is 2. The molecule has 3 aromatic rings. The molecule has 2 amide bonds. The Morgan fingerprint density at radius 1 is 1.10 bits per heavy atom. The van der Waals surface area contributed by atoms with E-state index in [2.05, 4.69) is 37.0 Å². The number of amides is 2. The molecule has 0 radical (unpaired) electrons. The summed E-state index contributed by atoms with van der Waals surface area (Å²) in [5.74, 6) is 6.38. The van der Waals surface area contributed by atoms with Crippen molar-refractivity contribution in [3.8, 4) is 17.1 Å². The van der Waals surface area contributed by atoms with Crippen LogP contribution in [0.3, 0.4) is 0 Å². The highest BCUT2D eigenvalue weighted by atomic mass is 79.9. The summed E-state index contributed by atoms with van der Waals surface area (Å²) in [5.41, 5.74) is 5.90. The SMILES string of the molecule is COc1ccc(-c2nnc(SCC(=O)NNC(=O)c3ccc(Br)cc3)n2N)cc1. The van der Waals surface area contributed by atoms with Crippen LogP contribution in [-0.2, 0) is 4.79 Å². The number of methoxy groups -OCH3 is 1. The molecule has 11 heteroatoms. The van der Waals surface area contributed by atoms with Crippen LogP contribution in [0, 0.1) is 0 Å². The van der Waals surface area contributed by atoms with Gasteiger partial charge in [0.25, 0.3) is 5.91 Å². The second kappa shape index (κ2) is 9.43. The highest BCUT2D eigenvalue weighted by molar-refractivity contribution is 9.10. The molecule has 0 atom stereocenters. The van der Waals surface area contributed by atoms with E-state index >= 15 is 0 Å². The summed E-state index contributed by atoms with van der Waals surface area (Å²) in [6.07, 6.45) is 0. The van der Waals surface area contributed by atoms with Crippen LogP contribution in [-0.4, -0.2) is 39.6 Å². The normalized spacial score (nSPS) is 10.4. The lowest BCUT2D eigenvalue weighted by Crippen LogP contribution is -2.42. The summed E-state index contributed by atoms with van der Waals surface area (Å²) in [7, 11) is 1.58. The first-order valence-corrected chi connectivity index (χ1v) is 10.1. The van der Waals surface area contributed by atoms with Crippen molar-refractivity contribution in [1.29, 1.82) is 0 Å². The number of benzene rings is 2.